The van der Waals surface area contributed by atoms with Crippen LogP contribution in [0.2, 0.25) is 0 Å². The largest absolute Gasteiger partial charge is 0.456 e. The maximum Gasteiger partial charge on any atom is 0.164 e. The Morgan fingerprint density at radius 3 is 1.60 bits per heavy atom. The molecule has 0 saturated heterocycles. The molecule has 10 aromatic rings. The van der Waals surface area contributed by atoms with E-state index < -0.39 is 0 Å². The highest BCUT2D eigenvalue weighted by Gasteiger charge is 2.19. The quantitative estimate of drug-likeness (QED) is 0.187. The zero-order valence-corrected chi connectivity index (χ0v) is 26.7. The van der Waals surface area contributed by atoms with Crippen LogP contribution < -0.4 is 0 Å². The SMILES string of the molecule is c1ccc(-c2cccc(-c3nc(-c4ccc5c(c4)oc4cccc(-c6ccccc6)c45)nc(-c4cccc5oc6ccccc6c45)n3)c2)cc1. The standard InChI is InChI=1S/C45H27N3O2/c1-3-12-28(13-4-1)30-16-9-17-31(26-30)43-46-44(48-45(47-43)36-20-11-23-39-42(36)34-18-7-8-21-37(34)49-39)32-24-25-35-40(27-32)50-38-22-10-19-33(41(35)38)29-14-5-2-6-15-29/h1-27H. The fourth-order valence-electron chi connectivity index (χ4n) is 7.01. The molecule has 7 aromatic carbocycles. The molecule has 234 valence electrons. The lowest BCUT2D eigenvalue weighted by atomic mass is 9.99. The molecule has 0 unspecified atom stereocenters. The van der Waals surface area contributed by atoms with Gasteiger partial charge in [-0.05, 0) is 58.7 Å². The molecule has 50 heavy (non-hydrogen) atoms. The molecule has 0 fully saturated rings. The zero-order chi connectivity index (χ0) is 33.0. The van der Waals surface area contributed by atoms with E-state index in [1.807, 2.05) is 72.8 Å². The molecule has 0 aliphatic rings. The summed E-state index contributed by atoms with van der Waals surface area (Å²) < 4.78 is 12.7. The molecule has 0 bridgehead atoms. The zero-order valence-electron chi connectivity index (χ0n) is 26.7. The lowest BCUT2D eigenvalue weighted by molar-refractivity contribution is 0.668. The fraction of sp³-hybridized carbons (Fsp3) is 0. The Bertz CT molecular complexity index is 2870. The Hall–Kier alpha value is -6.85. The van der Waals surface area contributed by atoms with E-state index in [0.29, 0.717) is 17.5 Å². The van der Waals surface area contributed by atoms with Crippen LogP contribution in [0.5, 0.6) is 0 Å². The van der Waals surface area contributed by atoms with Crippen molar-refractivity contribution in [2.45, 2.75) is 0 Å². The first kappa shape index (κ1) is 28.2. The van der Waals surface area contributed by atoms with Crippen molar-refractivity contribution in [2.75, 3.05) is 0 Å². The lowest BCUT2D eigenvalue weighted by Crippen LogP contribution is -2.00. The van der Waals surface area contributed by atoms with Crippen molar-refractivity contribution in [2.24, 2.45) is 0 Å². The van der Waals surface area contributed by atoms with E-state index >= 15 is 0 Å². The van der Waals surface area contributed by atoms with Crippen molar-refractivity contribution in [1.29, 1.82) is 0 Å². The van der Waals surface area contributed by atoms with Crippen LogP contribution in [-0.4, -0.2) is 15.0 Å². The van der Waals surface area contributed by atoms with Crippen molar-refractivity contribution < 1.29 is 8.83 Å². The normalized spacial score (nSPS) is 11.6. The lowest BCUT2D eigenvalue weighted by Gasteiger charge is -2.10. The third-order valence-electron chi connectivity index (χ3n) is 9.35. The molecule has 10 rings (SSSR count). The summed E-state index contributed by atoms with van der Waals surface area (Å²) in [6, 6.07) is 55.7. The van der Waals surface area contributed by atoms with E-state index in [9.17, 15) is 0 Å². The smallest absolute Gasteiger partial charge is 0.164 e. The highest BCUT2D eigenvalue weighted by atomic mass is 16.3. The molecule has 0 radical (unpaired) electrons. The highest BCUT2D eigenvalue weighted by Crippen LogP contribution is 2.40. The molecule has 5 heteroatoms. The summed E-state index contributed by atoms with van der Waals surface area (Å²) >= 11 is 0. The molecular formula is C45H27N3O2. The number of hydrogen-bond acceptors (Lipinski definition) is 5. The van der Waals surface area contributed by atoms with Crippen molar-refractivity contribution in [3.8, 4) is 56.4 Å². The summed E-state index contributed by atoms with van der Waals surface area (Å²) in [5.74, 6) is 1.72. The predicted octanol–water partition coefficient (Wildman–Crippen LogP) is 12.0. The number of fused-ring (bicyclic) bond motifs is 6. The van der Waals surface area contributed by atoms with E-state index in [4.69, 9.17) is 23.8 Å². The minimum Gasteiger partial charge on any atom is -0.456 e. The Kier molecular flexibility index (Phi) is 6.42. The van der Waals surface area contributed by atoms with Crippen LogP contribution in [0.15, 0.2) is 173 Å². The maximum absolute atomic E-state index is 6.48. The molecule has 0 atom stereocenters. The first-order chi connectivity index (χ1) is 24.8. The topological polar surface area (TPSA) is 65.0 Å². The van der Waals surface area contributed by atoms with Gasteiger partial charge in [0.25, 0.3) is 0 Å². The molecule has 0 aliphatic carbocycles. The molecule has 3 aromatic heterocycles. The van der Waals surface area contributed by atoms with Crippen LogP contribution in [0, 0.1) is 0 Å². The third-order valence-corrected chi connectivity index (χ3v) is 9.35. The van der Waals surface area contributed by atoms with E-state index in [-0.39, 0.29) is 0 Å². The van der Waals surface area contributed by atoms with E-state index in [0.717, 1.165) is 82.8 Å². The van der Waals surface area contributed by atoms with Crippen molar-refractivity contribution in [3.05, 3.63) is 164 Å². The molecule has 0 amide bonds. The number of para-hydroxylation sites is 1. The van der Waals surface area contributed by atoms with Crippen molar-refractivity contribution in [1.82, 2.24) is 15.0 Å². The minimum absolute atomic E-state index is 0.561. The number of benzene rings is 7. The van der Waals surface area contributed by atoms with Gasteiger partial charge in [-0.15, -0.1) is 0 Å². The molecule has 3 heterocycles. The average Bonchev–Trinajstić information content (AvgIpc) is 3.77. The Morgan fingerprint density at radius 1 is 0.300 bits per heavy atom. The van der Waals surface area contributed by atoms with Gasteiger partial charge < -0.3 is 8.83 Å². The summed E-state index contributed by atoms with van der Waals surface area (Å²) in [6.45, 7) is 0. The van der Waals surface area contributed by atoms with Gasteiger partial charge >= 0.3 is 0 Å². The van der Waals surface area contributed by atoms with Crippen LogP contribution in [0.25, 0.3) is 100 Å². The first-order valence-corrected chi connectivity index (χ1v) is 16.6. The number of nitrogens with zero attached hydrogens (tertiary/aromatic N) is 3. The summed E-state index contributed by atoms with van der Waals surface area (Å²) in [5, 5.41) is 4.13. The summed E-state index contributed by atoms with van der Waals surface area (Å²) in [6.07, 6.45) is 0. The van der Waals surface area contributed by atoms with Crippen LogP contribution >= 0.6 is 0 Å². The van der Waals surface area contributed by atoms with Crippen molar-refractivity contribution >= 4 is 43.9 Å². The molecular weight excluding hydrogens is 615 g/mol. The highest BCUT2D eigenvalue weighted by molar-refractivity contribution is 6.13. The van der Waals surface area contributed by atoms with Gasteiger partial charge in [-0.3, -0.25) is 0 Å². The van der Waals surface area contributed by atoms with Crippen LogP contribution in [0.4, 0.5) is 0 Å². The number of aromatic nitrogens is 3. The summed E-state index contributed by atoms with van der Waals surface area (Å²) in [5.41, 5.74) is 10.4. The maximum atomic E-state index is 6.48. The minimum atomic E-state index is 0.561. The van der Waals surface area contributed by atoms with Gasteiger partial charge in [0, 0.05) is 38.2 Å². The monoisotopic (exact) mass is 641 g/mol. The number of furan rings is 2. The van der Waals surface area contributed by atoms with Crippen LogP contribution in [0.1, 0.15) is 0 Å². The molecule has 0 N–H and O–H groups in total. The van der Waals surface area contributed by atoms with Gasteiger partial charge in [-0.1, -0.05) is 127 Å². The molecule has 0 spiro atoms. The van der Waals surface area contributed by atoms with E-state index in [1.54, 1.807) is 0 Å². The van der Waals surface area contributed by atoms with Gasteiger partial charge in [-0.2, -0.15) is 0 Å². The van der Waals surface area contributed by atoms with Gasteiger partial charge in [0.15, 0.2) is 17.5 Å². The molecule has 0 aliphatic heterocycles. The first-order valence-electron chi connectivity index (χ1n) is 16.6. The Balaban J connectivity index is 1.19. The van der Waals surface area contributed by atoms with Gasteiger partial charge in [0.05, 0.1) is 0 Å². The molecule has 0 saturated carbocycles. The second-order valence-electron chi connectivity index (χ2n) is 12.4. The Labute approximate surface area is 287 Å². The third kappa shape index (κ3) is 4.67. The fourth-order valence-corrected chi connectivity index (χ4v) is 7.01. The van der Waals surface area contributed by atoms with Crippen molar-refractivity contribution in [3.63, 3.8) is 0 Å². The van der Waals surface area contributed by atoms with Gasteiger partial charge in [-0.25, -0.2) is 15.0 Å². The second-order valence-corrected chi connectivity index (χ2v) is 12.4. The van der Waals surface area contributed by atoms with Gasteiger partial charge in [0.1, 0.15) is 22.3 Å². The number of hydrogen-bond donors (Lipinski definition) is 0. The van der Waals surface area contributed by atoms with E-state index in [1.165, 1.54) is 0 Å². The summed E-state index contributed by atoms with van der Waals surface area (Å²) in [4.78, 5) is 15.4. The Morgan fingerprint density at radius 2 is 0.820 bits per heavy atom. The van der Waals surface area contributed by atoms with Crippen LogP contribution in [0.3, 0.4) is 0 Å². The second kappa shape index (κ2) is 11.4. The average molecular weight is 642 g/mol. The molecule has 5 nitrogen and oxygen atoms in total. The summed E-state index contributed by atoms with van der Waals surface area (Å²) in [7, 11) is 0. The number of rotatable bonds is 5. The van der Waals surface area contributed by atoms with Crippen LogP contribution in [-0.2, 0) is 0 Å². The predicted molar refractivity (Wildman–Crippen MR) is 202 cm³/mol. The van der Waals surface area contributed by atoms with E-state index in [2.05, 4.69) is 91.0 Å². The van der Waals surface area contributed by atoms with Gasteiger partial charge in [0.2, 0.25) is 0 Å².